The van der Waals surface area contributed by atoms with Gasteiger partial charge in [0.1, 0.15) is 0 Å². The molecule has 0 aromatic heterocycles. The van der Waals surface area contributed by atoms with E-state index < -0.39 is 0 Å². The van der Waals surface area contributed by atoms with Crippen molar-refractivity contribution in [1.82, 2.24) is 0 Å². The summed E-state index contributed by atoms with van der Waals surface area (Å²) in [7, 11) is 0. The molecule has 0 heterocycles. The molecule has 4 heavy (non-hydrogen) atoms. The van der Waals surface area contributed by atoms with E-state index in [1.165, 1.54) is 0 Å². The predicted molar refractivity (Wildman–Crippen MR) is 27.9 cm³/mol. The molecule has 0 atom stereocenters. The van der Waals surface area contributed by atoms with Crippen LogP contribution >= 0.6 is 0 Å². The molecule has 0 saturated carbocycles. The quantitative estimate of drug-likeness (QED) is 0.264. The first-order valence-corrected chi connectivity index (χ1v) is 0. The molecule has 0 unspecified atom stereocenters. The molecule has 0 rings (SSSR count). The van der Waals surface area contributed by atoms with E-state index in [1.54, 1.807) is 0 Å². The fourth-order valence-electron chi connectivity index (χ4n) is 0. The molecule has 1 nitrogen and oxygen atoms in total. The van der Waals surface area contributed by atoms with Crippen LogP contribution in [0.1, 0.15) is 0 Å². The maximum absolute atomic E-state index is 0. The zero-order valence-corrected chi connectivity index (χ0v) is 0.500. The molecule has 0 aromatic rings. The van der Waals surface area contributed by atoms with Crippen LogP contribution in [-0.2, 0) is 0 Å². The number of rotatable bonds is 0. The number of hydrogen-bond acceptors (Lipinski definition) is 0. The first-order valence-electron chi connectivity index (χ1n) is 0. The van der Waals surface area contributed by atoms with Crippen LogP contribution in [0.25, 0.3) is 0 Å². The fraction of sp³-hybridized carbons (Fsp3) is 0. The Morgan fingerprint density at radius 1 is 0.750 bits per heavy atom. The molecule has 2 N–H and O–H groups in total. The Morgan fingerprint density at radius 2 is 0.750 bits per heavy atom. The van der Waals surface area contributed by atoms with Crippen molar-refractivity contribution >= 4 is 55.1 Å². The Morgan fingerprint density at radius 3 is 0.750 bits per heavy atom. The summed E-state index contributed by atoms with van der Waals surface area (Å²) >= 11 is 0. The van der Waals surface area contributed by atoms with Crippen LogP contribution in [0.2, 0.25) is 0 Å². The third kappa shape index (κ3) is 9.35. The van der Waals surface area contributed by atoms with Crippen molar-refractivity contribution in [1.29, 1.82) is 0 Å². The van der Waals surface area contributed by atoms with Crippen LogP contribution < -0.4 is 0 Å². The molecule has 4 heteroatoms. The Labute approximate surface area is 60.3 Å². The summed E-state index contributed by atoms with van der Waals surface area (Å²) in [6, 6.07) is 0. The summed E-state index contributed by atoms with van der Waals surface area (Å²) in [6.45, 7) is 0. The first-order chi connectivity index (χ1) is 0. The zero-order chi connectivity index (χ0) is 0. The molecule has 0 aromatic carbocycles. The summed E-state index contributed by atoms with van der Waals surface area (Å²) < 4.78 is 0. The second-order valence-corrected chi connectivity index (χ2v) is 0. The summed E-state index contributed by atoms with van der Waals surface area (Å²) in [5.41, 5.74) is 0. The Hall–Kier alpha value is 1.69. The molecule has 0 radical (unpaired) electrons. The van der Waals surface area contributed by atoms with Gasteiger partial charge in [-0.3, -0.25) is 0 Å². The maximum atomic E-state index is 0. The van der Waals surface area contributed by atoms with Gasteiger partial charge in [0.25, 0.3) is 0 Å². The Bertz CT molecular complexity index is 6.00. The molecule has 0 bridgehead atoms. The first kappa shape index (κ1) is 43.9. The van der Waals surface area contributed by atoms with E-state index in [4.69, 9.17) is 0 Å². The molecule has 0 amide bonds. The van der Waals surface area contributed by atoms with Crippen LogP contribution in [0.5, 0.6) is 0 Å². The van der Waals surface area contributed by atoms with E-state index in [1.807, 2.05) is 0 Å². The second-order valence-electron chi connectivity index (χ2n) is 0. The molecule has 0 aliphatic heterocycles. The van der Waals surface area contributed by atoms with Crippen molar-refractivity contribution in [3.8, 4) is 0 Å². The van der Waals surface area contributed by atoms with E-state index in [0.717, 1.165) is 0 Å². The van der Waals surface area contributed by atoms with Crippen LogP contribution in [0, 0.1) is 0 Å². The molecule has 0 aliphatic carbocycles. The molecule has 18 valence electrons. The van der Waals surface area contributed by atoms with Crippen molar-refractivity contribution < 1.29 is 5.48 Å². The average Bonchev–Trinajstić information content (AvgIpc) is 0. The van der Waals surface area contributed by atoms with Crippen LogP contribution in [0.3, 0.4) is 0 Å². The summed E-state index contributed by atoms with van der Waals surface area (Å²) in [4.78, 5) is 0. The van der Waals surface area contributed by atoms with Gasteiger partial charge >= 0.3 is 37.7 Å². The summed E-state index contributed by atoms with van der Waals surface area (Å²) in [6.07, 6.45) is 0. The third-order valence-corrected chi connectivity index (χ3v) is 0. The molecular formula is H7AlLi2O. The van der Waals surface area contributed by atoms with Gasteiger partial charge in [0, 0.05) is 0 Å². The van der Waals surface area contributed by atoms with E-state index in [2.05, 4.69) is 0 Å². The third-order valence-electron chi connectivity index (χ3n) is 0. The van der Waals surface area contributed by atoms with E-state index in [9.17, 15) is 0 Å². The average molecular weight is 63.9 g/mol. The molecular weight excluding hydrogens is 56.9 g/mol. The van der Waals surface area contributed by atoms with Gasteiger partial charge in [-0.1, -0.05) is 0 Å². The van der Waals surface area contributed by atoms with Gasteiger partial charge in [-0.15, -0.1) is 0 Å². The van der Waals surface area contributed by atoms with Crippen molar-refractivity contribution in [3.05, 3.63) is 0 Å². The molecule has 0 fully saturated rings. The zero-order valence-electron chi connectivity index (χ0n) is 0.500. The standard InChI is InChI=1S/Al.2Li.H2O.5H/h;;;1H2;;;;;. The van der Waals surface area contributed by atoms with Gasteiger partial charge < -0.3 is 5.48 Å². The van der Waals surface area contributed by atoms with Gasteiger partial charge in [-0.2, -0.15) is 0 Å². The topological polar surface area (TPSA) is 31.5 Å². The molecule has 0 saturated heterocycles. The van der Waals surface area contributed by atoms with Gasteiger partial charge in [-0.25, -0.2) is 0 Å². The van der Waals surface area contributed by atoms with Gasteiger partial charge in [0.2, 0.25) is 0 Å². The van der Waals surface area contributed by atoms with E-state index in [-0.39, 0.29) is 60.6 Å². The molecule has 0 aliphatic rings. The van der Waals surface area contributed by atoms with Crippen LogP contribution in [0.15, 0.2) is 0 Å². The van der Waals surface area contributed by atoms with Gasteiger partial charge in [0.15, 0.2) is 17.4 Å². The van der Waals surface area contributed by atoms with Crippen molar-refractivity contribution in [3.63, 3.8) is 0 Å². The van der Waals surface area contributed by atoms with E-state index >= 15 is 0 Å². The second kappa shape index (κ2) is 22.4. The predicted octanol–water partition coefficient (Wildman–Crippen LogP) is -3.31. The normalized spacial score (nSPS) is 0. The van der Waals surface area contributed by atoms with Gasteiger partial charge in [-0.05, 0) is 0 Å². The van der Waals surface area contributed by atoms with Crippen molar-refractivity contribution in [2.24, 2.45) is 0 Å². The number of hydrogen-bond donors (Lipinski definition) is 0. The summed E-state index contributed by atoms with van der Waals surface area (Å²) in [5.74, 6) is 0. The minimum atomic E-state index is 0. The monoisotopic (exact) mass is 64.1 g/mol. The summed E-state index contributed by atoms with van der Waals surface area (Å²) in [5, 5.41) is 0. The minimum absolute atomic E-state index is 0. The SMILES string of the molecule is O.[AlH3].[LiH].[LiH]. The van der Waals surface area contributed by atoms with E-state index in [0.29, 0.717) is 0 Å². The fourth-order valence-corrected chi connectivity index (χ4v) is 0. The van der Waals surface area contributed by atoms with Crippen molar-refractivity contribution in [2.75, 3.05) is 0 Å². The van der Waals surface area contributed by atoms with Crippen LogP contribution in [0.4, 0.5) is 0 Å². The van der Waals surface area contributed by atoms with Crippen molar-refractivity contribution in [2.45, 2.75) is 0 Å². The van der Waals surface area contributed by atoms with Crippen LogP contribution in [-0.4, -0.2) is 60.6 Å². The molecule has 0 spiro atoms. The van der Waals surface area contributed by atoms with Gasteiger partial charge in [0.05, 0.1) is 0 Å². The Balaban J connectivity index is 0. The Kier molecular flexibility index (Phi) is 246.